The van der Waals surface area contributed by atoms with Crippen LogP contribution in [0.5, 0.6) is 0 Å². The summed E-state index contributed by atoms with van der Waals surface area (Å²) in [5.41, 5.74) is 1.08. The van der Waals surface area contributed by atoms with E-state index < -0.39 is 5.41 Å². The molecule has 0 saturated carbocycles. The Morgan fingerprint density at radius 2 is 1.95 bits per heavy atom. The summed E-state index contributed by atoms with van der Waals surface area (Å²) < 4.78 is 0. The van der Waals surface area contributed by atoms with Crippen molar-refractivity contribution in [1.29, 1.82) is 0 Å². The number of carbonyl (C=O) groups is 2. The minimum Gasteiger partial charge on any atom is -0.316 e. The van der Waals surface area contributed by atoms with Gasteiger partial charge in [-0.15, -0.1) is 0 Å². The van der Waals surface area contributed by atoms with Crippen molar-refractivity contribution in [3.8, 4) is 0 Å². The number of para-hydroxylation sites is 1. The third-order valence-corrected chi connectivity index (χ3v) is 4.33. The molecule has 0 aromatic heterocycles. The number of hydrogen-bond donors (Lipinski definition) is 1. The predicted octanol–water partition coefficient (Wildman–Crippen LogP) is 2.33. The maximum absolute atomic E-state index is 12.7. The molecule has 1 atom stereocenters. The van der Waals surface area contributed by atoms with Crippen LogP contribution >= 0.6 is 0 Å². The lowest BCUT2D eigenvalue weighted by Gasteiger charge is -2.26. The number of carbonyl (C=O) groups excluding carboxylic acids is 2. The van der Waals surface area contributed by atoms with Crippen LogP contribution in [0.4, 0.5) is 5.69 Å². The Morgan fingerprint density at radius 3 is 2.50 bits per heavy atom. The molecule has 4 heteroatoms. The average Bonchev–Trinajstić information content (AvgIpc) is 2.63. The van der Waals surface area contributed by atoms with Gasteiger partial charge in [-0.2, -0.15) is 0 Å². The Bertz CT molecular complexity index is 539. The maximum atomic E-state index is 12.7. The van der Waals surface area contributed by atoms with E-state index in [9.17, 15) is 9.59 Å². The van der Waals surface area contributed by atoms with Crippen molar-refractivity contribution in [1.82, 2.24) is 5.32 Å². The van der Waals surface area contributed by atoms with E-state index in [4.69, 9.17) is 0 Å². The van der Waals surface area contributed by atoms with Gasteiger partial charge in [-0.1, -0.05) is 32.0 Å². The van der Waals surface area contributed by atoms with E-state index >= 15 is 0 Å². The van der Waals surface area contributed by atoms with Crippen molar-refractivity contribution in [3.05, 3.63) is 29.8 Å². The molecule has 1 fully saturated rings. The fraction of sp³-hybridized carbons (Fsp3) is 0.500. The maximum Gasteiger partial charge on any atom is 0.240 e. The van der Waals surface area contributed by atoms with E-state index in [1.54, 1.807) is 0 Å². The van der Waals surface area contributed by atoms with Crippen LogP contribution in [0.25, 0.3) is 0 Å². The van der Waals surface area contributed by atoms with Gasteiger partial charge in [0, 0.05) is 13.0 Å². The molecule has 2 amide bonds. The van der Waals surface area contributed by atoms with E-state index in [0.717, 1.165) is 5.56 Å². The summed E-state index contributed by atoms with van der Waals surface area (Å²) in [7, 11) is 1.85. The third kappa shape index (κ3) is 2.24. The molecule has 1 aromatic rings. The molecule has 1 unspecified atom stereocenters. The van der Waals surface area contributed by atoms with Crippen molar-refractivity contribution < 1.29 is 9.59 Å². The number of imide groups is 1. The summed E-state index contributed by atoms with van der Waals surface area (Å²) in [6.45, 7) is 6.51. The van der Waals surface area contributed by atoms with Gasteiger partial charge in [0.25, 0.3) is 0 Å². The Kier molecular flexibility index (Phi) is 3.95. The highest BCUT2D eigenvalue weighted by Gasteiger charge is 2.50. The molecule has 1 aliphatic heterocycles. The summed E-state index contributed by atoms with van der Waals surface area (Å²) in [4.78, 5) is 26.4. The lowest BCUT2D eigenvalue weighted by Crippen LogP contribution is -2.37. The van der Waals surface area contributed by atoms with E-state index in [2.05, 4.69) is 5.32 Å². The topological polar surface area (TPSA) is 49.4 Å². The van der Waals surface area contributed by atoms with Gasteiger partial charge in [0.05, 0.1) is 11.1 Å². The summed E-state index contributed by atoms with van der Waals surface area (Å²) >= 11 is 0. The molecular weight excluding hydrogens is 252 g/mol. The second-order valence-electron chi connectivity index (χ2n) is 5.94. The van der Waals surface area contributed by atoms with Gasteiger partial charge in [-0.3, -0.25) is 9.59 Å². The normalized spacial score (nSPS) is 22.9. The van der Waals surface area contributed by atoms with Gasteiger partial charge in [0.2, 0.25) is 11.8 Å². The summed E-state index contributed by atoms with van der Waals surface area (Å²) in [6, 6.07) is 7.56. The molecule has 1 N–H and O–H groups in total. The van der Waals surface area contributed by atoms with Crippen molar-refractivity contribution >= 4 is 17.5 Å². The van der Waals surface area contributed by atoms with Crippen LogP contribution in [0, 0.1) is 11.3 Å². The Hall–Kier alpha value is -1.68. The molecule has 1 aromatic carbocycles. The highest BCUT2D eigenvalue weighted by molar-refractivity contribution is 6.22. The van der Waals surface area contributed by atoms with Crippen LogP contribution in [-0.4, -0.2) is 18.9 Å². The standard InChI is InChI=1S/C16H22N2O2/c1-11(2)16(3)9-14(19)18(15(16)20)13-8-6-5-7-12(13)10-17-4/h5-8,11,17H,9-10H2,1-4H3. The molecule has 1 aliphatic rings. The highest BCUT2D eigenvalue weighted by Crippen LogP contribution is 2.41. The van der Waals surface area contributed by atoms with E-state index in [0.29, 0.717) is 12.2 Å². The zero-order valence-corrected chi connectivity index (χ0v) is 12.6. The van der Waals surface area contributed by atoms with Gasteiger partial charge in [0.1, 0.15) is 0 Å². The quantitative estimate of drug-likeness (QED) is 0.857. The van der Waals surface area contributed by atoms with Gasteiger partial charge >= 0.3 is 0 Å². The van der Waals surface area contributed by atoms with Crippen molar-refractivity contribution in [3.63, 3.8) is 0 Å². The lowest BCUT2D eigenvalue weighted by atomic mass is 9.78. The van der Waals surface area contributed by atoms with E-state index in [1.165, 1.54) is 4.90 Å². The minimum absolute atomic E-state index is 0.0824. The highest BCUT2D eigenvalue weighted by atomic mass is 16.2. The van der Waals surface area contributed by atoms with E-state index in [1.807, 2.05) is 52.1 Å². The van der Waals surface area contributed by atoms with Crippen molar-refractivity contribution in [2.24, 2.45) is 11.3 Å². The monoisotopic (exact) mass is 274 g/mol. The summed E-state index contributed by atoms with van der Waals surface area (Å²) in [5.74, 6) is -0.0452. The van der Waals surface area contributed by atoms with Gasteiger partial charge in [-0.05, 0) is 31.5 Å². The molecule has 0 aliphatic carbocycles. The largest absolute Gasteiger partial charge is 0.316 e. The van der Waals surface area contributed by atoms with Crippen LogP contribution in [0.3, 0.4) is 0 Å². The zero-order chi connectivity index (χ0) is 14.9. The molecule has 1 saturated heterocycles. The van der Waals surface area contributed by atoms with Gasteiger partial charge in [-0.25, -0.2) is 4.90 Å². The van der Waals surface area contributed by atoms with Crippen LogP contribution in [-0.2, 0) is 16.1 Å². The molecular formula is C16H22N2O2. The fourth-order valence-corrected chi connectivity index (χ4v) is 2.60. The van der Waals surface area contributed by atoms with Crippen LogP contribution in [0.15, 0.2) is 24.3 Å². The number of nitrogens with one attached hydrogen (secondary N) is 1. The average molecular weight is 274 g/mol. The first kappa shape index (κ1) is 14.7. The smallest absolute Gasteiger partial charge is 0.240 e. The molecule has 108 valence electrons. The third-order valence-electron chi connectivity index (χ3n) is 4.33. The number of rotatable bonds is 4. The van der Waals surface area contributed by atoms with E-state index in [-0.39, 0.29) is 24.2 Å². The predicted molar refractivity (Wildman–Crippen MR) is 79.3 cm³/mol. The summed E-state index contributed by atoms with van der Waals surface area (Å²) in [6.07, 6.45) is 0.289. The molecule has 0 spiro atoms. The second-order valence-corrected chi connectivity index (χ2v) is 5.94. The number of amides is 2. The number of nitrogens with zero attached hydrogens (tertiary/aromatic N) is 1. The Morgan fingerprint density at radius 1 is 1.30 bits per heavy atom. The minimum atomic E-state index is -0.593. The van der Waals surface area contributed by atoms with Crippen LogP contribution < -0.4 is 10.2 Å². The van der Waals surface area contributed by atoms with Crippen molar-refractivity contribution in [2.45, 2.75) is 33.7 Å². The molecule has 0 radical (unpaired) electrons. The van der Waals surface area contributed by atoms with Gasteiger partial charge in [0.15, 0.2) is 0 Å². The van der Waals surface area contributed by atoms with Gasteiger partial charge < -0.3 is 5.32 Å². The first-order valence-corrected chi connectivity index (χ1v) is 7.01. The Labute approximate surface area is 120 Å². The van der Waals surface area contributed by atoms with Crippen molar-refractivity contribution in [2.75, 3.05) is 11.9 Å². The Balaban J connectivity index is 2.44. The van der Waals surface area contributed by atoms with Crippen LogP contribution in [0.1, 0.15) is 32.8 Å². The molecule has 1 heterocycles. The number of hydrogen-bond acceptors (Lipinski definition) is 3. The summed E-state index contributed by atoms with van der Waals surface area (Å²) in [5, 5.41) is 3.07. The molecule has 20 heavy (non-hydrogen) atoms. The molecule has 2 rings (SSSR count). The first-order valence-electron chi connectivity index (χ1n) is 7.01. The lowest BCUT2D eigenvalue weighted by molar-refractivity contribution is -0.126. The number of anilines is 1. The SMILES string of the molecule is CNCc1ccccc1N1C(=O)CC(C)(C(C)C)C1=O. The second kappa shape index (κ2) is 5.37. The molecule has 0 bridgehead atoms. The first-order chi connectivity index (χ1) is 9.41. The van der Waals surface area contributed by atoms with Crippen LogP contribution in [0.2, 0.25) is 0 Å². The zero-order valence-electron chi connectivity index (χ0n) is 12.6. The molecule has 4 nitrogen and oxygen atoms in total. The number of benzene rings is 1. The fourth-order valence-electron chi connectivity index (χ4n) is 2.60.